The highest BCUT2D eigenvalue weighted by molar-refractivity contribution is 5.66. The zero-order chi connectivity index (χ0) is 28.4. The van der Waals surface area contributed by atoms with Gasteiger partial charge in [0, 0.05) is 11.8 Å². The Morgan fingerprint density at radius 1 is 1.08 bits per heavy atom. The number of fused-ring (bicyclic) bond motifs is 5. The van der Waals surface area contributed by atoms with Crippen LogP contribution >= 0.6 is 0 Å². The van der Waals surface area contributed by atoms with Crippen molar-refractivity contribution in [2.24, 2.45) is 45.8 Å². The third kappa shape index (κ3) is 4.14. The number of aliphatic hydroxyl groups is 3. The average Bonchev–Trinajstić information content (AvgIpc) is 3.27. The normalized spacial score (nSPS) is 44.0. The first-order valence-corrected chi connectivity index (χ1v) is 15.4. The maximum atomic E-state index is 13.9. The van der Waals surface area contributed by atoms with Gasteiger partial charge in [-0.25, -0.2) is 4.39 Å². The van der Waals surface area contributed by atoms with Crippen LogP contribution in [0.1, 0.15) is 104 Å². The maximum Gasteiger partial charge on any atom is 0.303 e. The van der Waals surface area contributed by atoms with Gasteiger partial charge in [0.05, 0.1) is 17.8 Å². The molecule has 6 heteroatoms. The number of aliphatic hydroxyl groups excluding tert-OH is 2. The van der Waals surface area contributed by atoms with Gasteiger partial charge in [0.2, 0.25) is 0 Å². The topological polar surface area (TPSA) is 98.0 Å². The second-order valence-corrected chi connectivity index (χ2v) is 14.2. The molecule has 0 spiro atoms. The minimum Gasteiger partial charge on any atom is -0.481 e. The number of carbonyl (C=O) groups is 1. The number of carboxylic acid groups (broad SMARTS) is 1. The summed E-state index contributed by atoms with van der Waals surface area (Å²) in [4.78, 5) is 11.3. The number of carboxylic acids is 1. The Bertz CT molecular complexity index is 1060. The molecule has 39 heavy (non-hydrogen) atoms. The SMILES string of the molecule is CC[C@@](O)(c1ccc(F)cc1)[C@]12CC[C@H]3[C@@H]4CC[C@H]([C@H](C)CCC(=O)O)[C@@]4(C)[C@@H](O)C[C@@H]3[C@@]1(C)CC[C@@H](O)C2. The first-order chi connectivity index (χ1) is 18.3. The van der Waals surface area contributed by atoms with Crippen molar-refractivity contribution in [1.82, 2.24) is 0 Å². The van der Waals surface area contributed by atoms with E-state index in [1.807, 2.05) is 6.92 Å². The van der Waals surface area contributed by atoms with Crippen molar-refractivity contribution in [2.45, 2.75) is 116 Å². The van der Waals surface area contributed by atoms with Gasteiger partial charge >= 0.3 is 5.97 Å². The van der Waals surface area contributed by atoms with Crippen LogP contribution in [0.4, 0.5) is 4.39 Å². The highest BCUT2D eigenvalue weighted by atomic mass is 19.1. The summed E-state index contributed by atoms with van der Waals surface area (Å²) in [6.07, 6.45) is 6.82. The summed E-state index contributed by atoms with van der Waals surface area (Å²) >= 11 is 0. The lowest BCUT2D eigenvalue weighted by atomic mass is 9.35. The Balaban J connectivity index is 1.53. The Hall–Kier alpha value is -1.50. The zero-order valence-electron chi connectivity index (χ0n) is 24.2. The van der Waals surface area contributed by atoms with Gasteiger partial charge in [-0.2, -0.15) is 0 Å². The highest BCUT2D eigenvalue weighted by Gasteiger charge is 2.71. The Kier molecular flexibility index (Phi) is 7.51. The first-order valence-electron chi connectivity index (χ1n) is 15.4. The van der Waals surface area contributed by atoms with Gasteiger partial charge in [-0.1, -0.05) is 39.8 Å². The molecule has 0 unspecified atom stereocenters. The molecule has 0 bridgehead atoms. The van der Waals surface area contributed by atoms with Gasteiger partial charge in [-0.05, 0) is 122 Å². The number of aliphatic carboxylic acids is 1. The van der Waals surface area contributed by atoms with E-state index in [1.54, 1.807) is 12.1 Å². The van der Waals surface area contributed by atoms with Gasteiger partial charge in [-0.15, -0.1) is 0 Å². The van der Waals surface area contributed by atoms with Crippen LogP contribution in [-0.2, 0) is 10.4 Å². The van der Waals surface area contributed by atoms with E-state index in [9.17, 15) is 29.6 Å². The molecule has 4 aliphatic carbocycles. The third-order valence-corrected chi connectivity index (χ3v) is 13.1. The maximum absolute atomic E-state index is 13.9. The summed E-state index contributed by atoms with van der Waals surface area (Å²) in [6.45, 7) is 8.75. The summed E-state index contributed by atoms with van der Waals surface area (Å²) < 4.78 is 13.9. The quantitative estimate of drug-likeness (QED) is 0.324. The van der Waals surface area contributed by atoms with E-state index < -0.39 is 29.2 Å². The van der Waals surface area contributed by atoms with E-state index in [1.165, 1.54) is 12.1 Å². The molecule has 11 atom stereocenters. The Morgan fingerprint density at radius 3 is 2.41 bits per heavy atom. The molecule has 0 aromatic heterocycles. The van der Waals surface area contributed by atoms with Crippen LogP contribution in [0.15, 0.2) is 24.3 Å². The van der Waals surface area contributed by atoms with Crippen molar-refractivity contribution < 1.29 is 29.6 Å². The second-order valence-electron chi connectivity index (χ2n) is 14.2. The van der Waals surface area contributed by atoms with Crippen molar-refractivity contribution in [2.75, 3.05) is 0 Å². The van der Waals surface area contributed by atoms with Crippen molar-refractivity contribution in [3.8, 4) is 0 Å². The van der Waals surface area contributed by atoms with E-state index in [2.05, 4.69) is 20.8 Å². The molecule has 1 aromatic carbocycles. The van der Waals surface area contributed by atoms with Gasteiger partial charge in [0.25, 0.3) is 0 Å². The summed E-state index contributed by atoms with van der Waals surface area (Å²) in [5.41, 5.74) is -1.59. The van der Waals surface area contributed by atoms with Crippen LogP contribution < -0.4 is 0 Å². The van der Waals surface area contributed by atoms with Crippen LogP contribution in [0.5, 0.6) is 0 Å². The standard InChI is InChI=1S/C33H49FO5/c1-5-33(39,21-7-9-22(34)10-8-21)32-17-15-24-26-12-11-25(20(2)6-13-29(37)38)31(26,4)28(36)18-27(24)30(32,3)16-14-23(35)19-32/h7-10,20,23-28,35-36,39H,5-6,11-19H2,1-4H3,(H,37,38)/t20-,23-,24+,25-,26+,27+,28+,30-,31-,32+,33-/m1/s1. The monoisotopic (exact) mass is 544 g/mol. The smallest absolute Gasteiger partial charge is 0.303 e. The number of rotatable bonds is 7. The average molecular weight is 545 g/mol. The molecule has 1 aromatic rings. The van der Waals surface area contributed by atoms with Crippen LogP contribution in [0, 0.1) is 51.7 Å². The van der Waals surface area contributed by atoms with Crippen molar-refractivity contribution in [3.05, 3.63) is 35.6 Å². The molecule has 5 nitrogen and oxygen atoms in total. The van der Waals surface area contributed by atoms with E-state index in [0.29, 0.717) is 49.9 Å². The molecule has 4 aliphatic rings. The van der Waals surface area contributed by atoms with Gasteiger partial charge < -0.3 is 20.4 Å². The fourth-order valence-electron chi connectivity index (χ4n) is 11.1. The van der Waals surface area contributed by atoms with Crippen LogP contribution in [0.2, 0.25) is 0 Å². The van der Waals surface area contributed by atoms with Crippen molar-refractivity contribution >= 4 is 5.97 Å². The van der Waals surface area contributed by atoms with Crippen LogP contribution in [-0.4, -0.2) is 38.6 Å². The number of hydrogen-bond donors (Lipinski definition) is 4. The van der Waals surface area contributed by atoms with Crippen LogP contribution in [0.25, 0.3) is 0 Å². The summed E-state index contributed by atoms with van der Waals surface area (Å²) in [5, 5.41) is 44.9. The molecule has 0 amide bonds. The van der Waals surface area contributed by atoms with E-state index >= 15 is 0 Å². The lowest BCUT2D eigenvalue weighted by molar-refractivity contribution is -0.269. The highest BCUT2D eigenvalue weighted by Crippen LogP contribution is 2.74. The number of halogens is 1. The molecule has 0 saturated heterocycles. The van der Waals surface area contributed by atoms with Gasteiger partial charge in [0.1, 0.15) is 5.82 Å². The van der Waals surface area contributed by atoms with Gasteiger partial charge in [0.15, 0.2) is 0 Å². The Morgan fingerprint density at radius 2 is 1.77 bits per heavy atom. The summed E-state index contributed by atoms with van der Waals surface area (Å²) in [7, 11) is 0. The molecule has 4 fully saturated rings. The molecule has 0 radical (unpaired) electrons. The first kappa shape index (κ1) is 29.0. The number of hydrogen-bond acceptors (Lipinski definition) is 4. The molecule has 0 heterocycles. The minimum atomic E-state index is -1.21. The minimum absolute atomic E-state index is 0.169. The fourth-order valence-corrected chi connectivity index (χ4v) is 11.1. The molecule has 218 valence electrons. The lowest BCUT2D eigenvalue weighted by Crippen LogP contribution is -2.67. The fraction of sp³-hybridized carbons (Fsp3) is 0.788. The predicted octanol–water partition coefficient (Wildman–Crippen LogP) is 6.29. The summed E-state index contributed by atoms with van der Waals surface area (Å²) in [6, 6.07) is 6.28. The second kappa shape index (κ2) is 10.1. The molecule has 5 rings (SSSR count). The predicted molar refractivity (Wildman–Crippen MR) is 148 cm³/mol. The van der Waals surface area contributed by atoms with E-state index in [-0.39, 0.29) is 34.9 Å². The van der Waals surface area contributed by atoms with E-state index in [0.717, 1.165) is 37.7 Å². The molecule has 4 saturated carbocycles. The lowest BCUT2D eigenvalue weighted by Gasteiger charge is -2.70. The van der Waals surface area contributed by atoms with Crippen LogP contribution in [0.3, 0.4) is 0 Å². The molecular formula is C33H49FO5. The Labute approximate surface area is 233 Å². The van der Waals surface area contributed by atoms with E-state index in [4.69, 9.17) is 0 Å². The molecule has 0 aliphatic heterocycles. The van der Waals surface area contributed by atoms with Gasteiger partial charge in [-0.3, -0.25) is 4.79 Å². The van der Waals surface area contributed by atoms with Crippen molar-refractivity contribution in [3.63, 3.8) is 0 Å². The molecular weight excluding hydrogens is 495 g/mol. The largest absolute Gasteiger partial charge is 0.481 e. The third-order valence-electron chi connectivity index (χ3n) is 13.1. The summed E-state index contributed by atoms with van der Waals surface area (Å²) in [5.74, 6) is 0.479. The van der Waals surface area contributed by atoms with Crippen molar-refractivity contribution in [1.29, 1.82) is 0 Å². The molecule has 4 N–H and O–H groups in total. The zero-order valence-corrected chi connectivity index (χ0v) is 24.2. The number of benzene rings is 1.